The number of carbonyl (C=O) groups excluding carboxylic acids is 1. The molecule has 1 aromatic rings. The first kappa shape index (κ1) is 24.0. The van der Waals surface area contributed by atoms with Gasteiger partial charge < -0.3 is 25.6 Å². The van der Waals surface area contributed by atoms with Gasteiger partial charge in [0.25, 0.3) is 0 Å². The maximum absolute atomic E-state index is 11.3. The summed E-state index contributed by atoms with van der Waals surface area (Å²) in [5, 5.41) is 3.39. The van der Waals surface area contributed by atoms with Gasteiger partial charge in [0.2, 0.25) is 5.91 Å². The summed E-state index contributed by atoms with van der Waals surface area (Å²) in [4.78, 5) is 20.7. The Labute approximate surface area is 181 Å². The lowest BCUT2D eigenvalue weighted by Gasteiger charge is -2.34. The van der Waals surface area contributed by atoms with Crippen molar-refractivity contribution >= 4 is 11.9 Å². The number of nitrogens with two attached hydrogens (primary N) is 1. The second-order valence-electron chi connectivity index (χ2n) is 7.81. The summed E-state index contributed by atoms with van der Waals surface area (Å²) in [6, 6.07) is 8.19. The number of benzene rings is 1. The Morgan fingerprint density at radius 2 is 2.00 bits per heavy atom. The molecule has 0 radical (unpaired) electrons. The number of amides is 1. The van der Waals surface area contributed by atoms with E-state index in [1.807, 2.05) is 12.1 Å². The van der Waals surface area contributed by atoms with Crippen LogP contribution in [0, 0.1) is 5.92 Å². The lowest BCUT2D eigenvalue weighted by atomic mass is 9.95. The Morgan fingerprint density at radius 1 is 1.27 bits per heavy atom. The number of ether oxygens (including phenoxy) is 1. The van der Waals surface area contributed by atoms with Crippen molar-refractivity contribution in [1.29, 1.82) is 0 Å². The van der Waals surface area contributed by atoms with Gasteiger partial charge in [-0.05, 0) is 56.5 Å². The van der Waals surface area contributed by atoms with Crippen molar-refractivity contribution in [3.8, 4) is 5.75 Å². The van der Waals surface area contributed by atoms with E-state index in [1.165, 1.54) is 0 Å². The van der Waals surface area contributed by atoms with Crippen molar-refractivity contribution < 1.29 is 9.53 Å². The summed E-state index contributed by atoms with van der Waals surface area (Å²) in [6.45, 7) is 13.4. The molecule has 0 saturated carbocycles. The summed E-state index contributed by atoms with van der Waals surface area (Å²) in [5.74, 6) is 1.90. The fourth-order valence-electron chi connectivity index (χ4n) is 3.82. The van der Waals surface area contributed by atoms with Gasteiger partial charge in [-0.1, -0.05) is 26.0 Å². The number of primary amides is 1. The van der Waals surface area contributed by atoms with Crippen LogP contribution in [0.5, 0.6) is 5.75 Å². The highest BCUT2D eigenvalue weighted by Gasteiger charge is 2.23. The minimum absolute atomic E-state index is 0.219. The molecule has 0 bridgehead atoms. The fourth-order valence-corrected chi connectivity index (χ4v) is 3.82. The van der Waals surface area contributed by atoms with Crippen LogP contribution in [0.1, 0.15) is 45.6 Å². The molecule has 1 heterocycles. The van der Waals surface area contributed by atoms with Gasteiger partial charge in [-0.3, -0.25) is 4.79 Å². The number of likely N-dealkylation sites (tertiary alicyclic amines) is 1. The molecule has 1 unspecified atom stereocenters. The lowest BCUT2D eigenvalue weighted by molar-refractivity contribution is -0.119. The minimum Gasteiger partial charge on any atom is -0.492 e. The van der Waals surface area contributed by atoms with Crippen molar-refractivity contribution in [2.75, 3.05) is 45.9 Å². The number of aliphatic imine (C=N–C) groups is 1. The zero-order valence-corrected chi connectivity index (χ0v) is 18.9. The fraction of sp³-hybridized carbons (Fsp3) is 0.652. The highest BCUT2D eigenvalue weighted by Crippen LogP contribution is 2.20. The topological polar surface area (TPSA) is 83.2 Å². The van der Waals surface area contributed by atoms with Gasteiger partial charge in [0.05, 0.1) is 6.54 Å². The van der Waals surface area contributed by atoms with Crippen LogP contribution in [0.4, 0.5) is 0 Å². The smallest absolute Gasteiger partial charge is 0.217 e. The number of hydrogen-bond donors (Lipinski definition) is 2. The van der Waals surface area contributed by atoms with Crippen LogP contribution in [0.3, 0.4) is 0 Å². The molecule has 2 rings (SSSR count). The first-order valence-electron chi connectivity index (χ1n) is 11.3. The van der Waals surface area contributed by atoms with Crippen molar-refractivity contribution in [2.45, 2.75) is 46.6 Å². The molecular formula is C23H39N5O2. The molecule has 0 aromatic heterocycles. The second kappa shape index (κ2) is 13.1. The number of rotatable bonds is 11. The lowest BCUT2D eigenvalue weighted by Crippen LogP contribution is -2.47. The van der Waals surface area contributed by atoms with E-state index in [2.05, 4.69) is 48.0 Å². The van der Waals surface area contributed by atoms with Gasteiger partial charge in [0, 0.05) is 32.6 Å². The molecule has 1 atom stereocenters. The van der Waals surface area contributed by atoms with E-state index >= 15 is 0 Å². The summed E-state index contributed by atoms with van der Waals surface area (Å²) in [6.07, 6.45) is 2.56. The van der Waals surface area contributed by atoms with Crippen LogP contribution in [0.15, 0.2) is 29.3 Å². The van der Waals surface area contributed by atoms with Crippen LogP contribution in [-0.2, 0) is 11.3 Å². The summed E-state index contributed by atoms with van der Waals surface area (Å²) < 4.78 is 5.86. The number of carbonyl (C=O) groups is 1. The second-order valence-corrected chi connectivity index (χ2v) is 7.81. The van der Waals surface area contributed by atoms with Crippen LogP contribution in [0.25, 0.3) is 0 Å². The summed E-state index contributed by atoms with van der Waals surface area (Å²) >= 11 is 0. The summed E-state index contributed by atoms with van der Waals surface area (Å²) in [7, 11) is 0. The number of nitrogens with one attached hydrogen (secondary N) is 1. The van der Waals surface area contributed by atoms with E-state index < -0.39 is 0 Å². The molecule has 0 spiro atoms. The molecule has 1 amide bonds. The van der Waals surface area contributed by atoms with E-state index in [0.717, 1.165) is 69.4 Å². The van der Waals surface area contributed by atoms with Gasteiger partial charge in [0.1, 0.15) is 12.4 Å². The number of piperidine rings is 1. The van der Waals surface area contributed by atoms with E-state index in [-0.39, 0.29) is 5.91 Å². The van der Waals surface area contributed by atoms with Crippen LogP contribution in [0.2, 0.25) is 0 Å². The molecule has 1 aromatic carbocycles. The highest BCUT2D eigenvalue weighted by atomic mass is 16.5. The first-order valence-corrected chi connectivity index (χ1v) is 11.3. The van der Waals surface area contributed by atoms with Crippen molar-refractivity contribution in [3.63, 3.8) is 0 Å². The zero-order valence-electron chi connectivity index (χ0n) is 18.9. The molecular weight excluding hydrogens is 378 g/mol. The average molecular weight is 418 g/mol. The Bertz CT molecular complexity index is 658. The summed E-state index contributed by atoms with van der Waals surface area (Å²) in [5.41, 5.74) is 6.54. The van der Waals surface area contributed by atoms with E-state index in [9.17, 15) is 4.79 Å². The molecule has 3 N–H and O–H groups in total. The predicted molar refractivity (Wildman–Crippen MR) is 123 cm³/mol. The number of likely N-dealkylation sites (N-methyl/N-ethyl adjacent to an activating group) is 1. The number of guanidine groups is 1. The maximum atomic E-state index is 11.3. The molecule has 7 nitrogen and oxygen atoms in total. The number of hydrogen-bond acceptors (Lipinski definition) is 4. The Kier molecular flexibility index (Phi) is 10.5. The van der Waals surface area contributed by atoms with Crippen molar-refractivity contribution in [3.05, 3.63) is 29.8 Å². The van der Waals surface area contributed by atoms with Gasteiger partial charge >= 0.3 is 0 Å². The normalized spacial score (nSPS) is 17.3. The maximum Gasteiger partial charge on any atom is 0.217 e. The van der Waals surface area contributed by atoms with Crippen LogP contribution in [-0.4, -0.2) is 67.5 Å². The van der Waals surface area contributed by atoms with Gasteiger partial charge in [-0.25, -0.2) is 4.99 Å². The highest BCUT2D eigenvalue weighted by molar-refractivity contribution is 5.80. The Balaban J connectivity index is 1.90. The third kappa shape index (κ3) is 8.22. The SMILES string of the molecule is CCNC(=NCc1ccc(OCCN(CC)CC)cc1)N1CCCC(CC(N)=O)C1. The largest absolute Gasteiger partial charge is 0.492 e. The zero-order chi connectivity index (χ0) is 21.8. The Morgan fingerprint density at radius 3 is 2.63 bits per heavy atom. The van der Waals surface area contributed by atoms with E-state index in [4.69, 9.17) is 15.5 Å². The minimum atomic E-state index is -0.219. The quantitative estimate of drug-likeness (QED) is 0.427. The van der Waals surface area contributed by atoms with Crippen molar-refractivity contribution in [1.82, 2.24) is 15.1 Å². The standard InChI is InChI=1S/C23H39N5O2/c1-4-25-23(28-13-7-8-20(18-28)16-22(24)29)26-17-19-9-11-21(12-10-19)30-15-14-27(5-2)6-3/h9-12,20H,4-8,13-18H2,1-3H3,(H2,24,29)(H,25,26). The average Bonchev–Trinajstić information content (AvgIpc) is 2.75. The number of nitrogens with zero attached hydrogens (tertiary/aromatic N) is 3. The first-order chi connectivity index (χ1) is 14.5. The predicted octanol–water partition coefficient (Wildman–Crippen LogP) is 2.46. The monoisotopic (exact) mass is 417 g/mol. The van der Waals surface area contributed by atoms with Gasteiger partial charge in [-0.15, -0.1) is 0 Å². The Hall–Kier alpha value is -2.28. The molecule has 1 saturated heterocycles. The van der Waals surface area contributed by atoms with Crippen LogP contribution >= 0.6 is 0 Å². The van der Waals surface area contributed by atoms with Crippen LogP contribution < -0.4 is 15.8 Å². The molecule has 1 aliphatic rings. The van der Waals surface area contributed by atoms with E-state index in [1.54, 1.807) is 0 Å². The van der Waals surface area contributed by atoms with Gasteiger partial charge in [0.15, 0.2) is 5.96 Å². The molecule has 7 heteroatoms. The van der Waals surface area contributed by atoms with Gasteiger partial charge in [-0.2, -0.15) is 0 Å². The molecule has 1 fully saturated rings. The molecule has 168 valence electrons. The third-order valence-electron chi connectivity index (χ3n) is 5.55. The molecule has 1 aliphatic heterocycles. The molecule has 0 aliphatic carbocycles. The van der Waals surface area contributed by atoms with E-state index in [0.29, 0.717) is 25.5 Å². The third-order valence-corrected chi connectivity index (χ3v) is 5.55. The molecule has 30 heavy (non-hydrogen) atoms. The van der Waals surface area contributed by atoms with Crippen molar-refractivity contribution in [2.24, 2.45) is 16.6 Å².